The third kappa shape index (κ3) is 4.99. The molecule has 0 spiro atoms. The number of nitrogens with one attached hydrogen (secondary N) is 1. The molecule has 0 bridgehead atoms. The fourth-order valence-electron chi connectivity index (χ4n) is 2.56. The third-order valence-corrected chi connectivity index (χ3v) is 5.30. The number of hydrogen-bond donors (Lipinski definition) is 1. The van der Waals surface area contributed by atoms with E-state index in [1.54, 1.807) is 0 Å². The molecule has 0 atom stereocenters. The molecule has 144 valence electrons. The van der Waals surface area contributed by atoms with Crippen LogP contribution in [0.15, 0.2) is 64.9 Å². The number of rotatable bonds is 7. The summed E-state index contributed by atoms with van der Waals surface area (Å²) >= 11 is 7.24. The second-order valence-electron chi connectivity index (χ2n) is 5.97. The van der Waals surface area contributed by atoms with Crippen molar-refractivity contribution in [3.8, 4) is 11.4 Å². The van der Waals surface area contributed by atoms with Crippen molar-refractivity contribution in [2.24, 2.45) is 12.1 Å². The maximum absolute atomic E-state index is 12.2. The van der Waals surface area contributed by atoms with Crippen LogP contribution < -0.4 is 5.43 Å². The molecule has 1 amide bonds. The van der Waals surface area contributed by atoms with Crippen molar-refractivity contribution in [2.75, 3.05) is 5.75 Å². The van der Waals surface area contributed by atoms with Gasteiger partial charge >= 0.3 is 0 Å². The van der Waals surface area contributed by atoms with E-state index in [-0.39, 0.29) is 11.7 Å². The van der Waals surface area contributed by atoms with E-state index < -0.39 is 0 Å². The van der Waals surface area contributed by atoms with Gasteiger partial charge in [-0.1, -0.05) is 60.6 Å². The van der Waals surface area contributed by atoms with Crippen LogP contribution in [0.4, 0.5) is 0 Å². The van der Waals surface area contributed by atoms with Gasteiger partial charge in [0.15, 0.2) is 11.0 Å². The maximum Gasteiger partial charge on any atom is 0.250 e. The first-order valence-corrected chi connectivity index (χ1v) is 10.1. The maximum atomic E-state index is 12.2. The minimum Gasteiger partial charge on any atom is -0.305 e. The average molecular weight is 414 g/mol. The Kier molecular flexibility index (Phi) is 6.84. The number of hydrazone groups is 1. The van der Waals surface area contributed by atoms with E-state index in [1.807, 2.05) is 73.1 Å². The Bertz CT molecular complexity index is 970. The van der Waals surface area contributed by atoms with E-state index in [0.29, 0.717) is 10.2 Å². The number of carbonyl (C=O) groups is 1. The zero-order valence-corrected chi connectivity index (χ0v) is 17.2. The van der Waals surface area contributed by atoms with Crippen molar-refractivity contribution in [3.05, 3.63) is 65.2 Å². The molecule has 1 N–H and O–H groups in total. The lowest BCUT2D eigenvalue weighted by molar-refractivity contribution is -0.118. The van der Waals surface area contributed by atoms with Gasteiger partial charge < -0.3 is 4.57 Å². The molecule has 0 aliphatic heterocycles. The van der Waals surface area contributed by atoms with Crippen LogP contribution in [0.5, 0.6) is 0 Å². The molecule has 0 fully saturated rings. The van der Waals surface area contributed by atoms with Crippen LogP contribution in [0, 0.1) is 0 Å². The minimum absolute atomic E-state index is 0.192. The van der Waals surface area contributed by atoms with E-state index >= 15 is 0 Å². The highest BCUT2D eigenvalue weighted by Crippen LogP contribution is 2.23. The lowest BCUT2D eigenvalue weighted by atomic mass is 10.1. The van der Waals surface area contributed by atoms with Gasteiger partial charge in [-0.15, -0.1) is 10.2 Å². The molecule has 8 heteroatoms. The summed E-state index contributed by atoms with van der Waals surface area (Å²) in [4.78, 5) is 12.2. The molecule has 6 nitrogen and oxygen atoms in total. The second-order valence-corrected chi connectivity index (χ2v) is 7.35. The van der Waals surface area contributed by atoms with Crippen LogP contribution >= 0.6 is 23.4 Å². The van der Waals surface area contributed by atoms with Crippen molar-refractivity contribution in [3.63, 3.8) is 0 Å². The molecular weight excluding hydrogens is 394 g/mol. The van der Waals surface area contributed by atoms with Crippen LogP contribution in [0.2, 0.25) is 5.02 Å². The highest BCUT2D eigenvalue weighted by Gasteiger charge is 2.13. The van der Waals surface area contributed by atoms with Gasteiger partial charge in [0.1, 0.15) is 0 Å². The standard InChI is InChI=1S/C20H20ClN5OS/c1-3-17(14-7-5-4-6-8-14)22-23-18(27)13-28-20-25-24-19(26(20)2)15-9-11-16(21)12-10-15/h4-12H,3,13H2,1-2H3,(H,23,27). The number of hydrogen-bond acceptors (Lipinski definition) is 5. The molecule has 28 heavy (non-hydrogen) atoms. The van der Waals surface area contributed by atoms with Gasteiger partial charge in [0.2, 0.25) is 0 Å². The Labute approximate surface area is 173 Å². The van der Waals surface area contributed by atoms with Crippen LogP contribution in [-0.2, 0) is 11.8 Å². The highest BCUT2D eigenvalue weighted by molar-refractivity contribution is 7.99. The molecule has 2 aromatic carbocycles. The van der Waals surface area contributed by atoms with Crippen LogP contribution in [0.3, 0.4) is 0 Å². The number of aromatic nitrogens is 3. The first-order valence-electron chi connectivity index (χ1n) is 8.77. The molecule has 0 radical (unpaired) electrons. The lowest BCUT2D eigenvalue weighted by Crippen LogP contribution is -2.22. The van der Waals surface area contributed by atoms with E-state index in [1.165, 1.54) is 11.8 Å². The van der Waals surface area contributed by atoms with Crippen molar-refractivity contribution < 1.29 is 4.79 Å². The predicted octanol–water partition coefficient (Wildman–Crippen LogP) is 4.16. The average Bonchev–Trinajstić information content (AvgIpc) is 3.09. The summed E-state index contributed by atoms with van der Waals surface area (Å²) in [5.74, 6) is 0.722. The summed E-state index contributed by atoms with van der Waals surface area (Å²) in [5.41, 5.74) is 5.37. The number of halogens is 1. The monoisotopic (exact) mass is 413 g/mol. The Hall–Kier alpha value is -2.64. The molecule has 0 aliphatic rings. The van der Waals surface area contributed by atoms with Gasteiger partial charge in [0, 0.05) is 17.6 Å². The highest BCUT2D eigenvalue weighted by atomic mass is 35.5. The quantitative estimate of drug-likeness (QED) is 0.358. The Balaban J connectivity index is 1.60. The summed E-state index contributed by atoms with van der Waals surface area (Å²) < 4.78 is 1.85. The number of nitrogens with zero attached hydrogens (tertiary/aromatic N) is 4. The number of thioether (sulfide) groups is 1. The molecule has 3 rings (SSSR count). The van der Waals surface area contributed by atoms with Crippen LogP contribution in [0.25, 0.3) is 11.4 Å². The van der Waals surface area contributed by atoms with Gasteiger partial charge in [-0.2, -0.15) is 5.10 Å². The van der Waals surface area contributed by atoms with Gasteiger partial charge in [-0.05, 0) is 36.2 Å². The summed E-state index contributed by atoms with van der Waals surface area (Å²) in [7, 11) is 1.87. The normalized spacial score (nSPS) is 11.5. The van der Waals surface area contributed by atoms with E-state index in [2.05, 4.69) is 20.7 Å². The van der Waals surface area contributed by atoms with Crippen LogP contribution in [-0.4, -0.2) is 32.1 Å². The van der Waals surface area contributed by atoms with Gasteiger partial charge in [-0.25, -0.2) is 5.43 Å². The molecule has 3 aromatic rings. The minimum atomic E-state index is -0.192. The van der Waals surface area contributed by atoms with Crippen molar-refractivity contribution in [2.45, 2.75) is 18.5 Å². The summed E-state index contributed by atoms with van der Waals surface area (Å²) in [6.45, 7) is 2.00. The van der Waals surface area contributed by atoms with E-state index in [0.717, 1.165) is 29.1 Å². The summed E-state index contributed by atoms with van der Waals surface area (Å²) in [5, 5.41) is 14.0. The topological polar surface area (TPSA) is 72.2 Å². The fourth-order valence-corrected chi connectivity index (χ4v) is 3.39. The predicted molar refractivity (Wildman–Crippen MR) is 114 cm³/mol. The Morgan fingerprint density at radius 2 is 1.86 bits per heavy atom. The summed E-state index contributed by atoms with van der Waals surface area (Å²) in [6, 6.07) is 17.2. The van der Waals surface area contributed by atoms with Gasteiger partial charge in [0.05, 0.1) is 11.5 Å². The largest absolute Gasteiger partial charge is 0.305 e. The molecule has 1 aromatic heterocycles. The summed E-state index contributed by atoms with van der Waals surface area (Å²) in [6.07, 6.45) is 0.727. The fraction of sp³-hybridized carbons (Fsp3) is 0.200. The van der Waals surface area contributed by atoms with Crippen LogP contribution in [0.1, 0.15) is 18.9 Å². The van der Waals surface area contributed by atoms with Crippen molar-refractivity contribution >= 4 is 35.0 Å². The zero-order chi connectivity index (χ0) is 19.9. The van der Waals surface area contributed by atoms with Gasteiger partial charge in [0.25, 0.3) is 5.91 Å². The van der Waals surface area contributed by atoms with E-state index in [4.69, 9.17) is 11.6 Å². The number of benzene rings is 2. The molecule has 0 saturated carbocycles. The SMILES string of the molecule is CCC(=NNC(=O)CSc1nnc(-c2ccc(Cl)cc2)n1C)c1ccccc1. The molecule has 0 aliphatic carbocycles. The zero-order valence-electron chi connectivity index (χ0n) is 15.6. The van der Waals surface area contributed by atoms with Gasteiger partial charge in [-0.3, -0.25) is 4.79 Å². The molecule has 0 saturated heterocycles. The number of carbonyl (C=O) groups excluding carboxylic acids is 1. The lowest BCUT2D eigenvalue weighted by Gasteiger charge is -2.06. The van der Waals surface area contributed by atoms with Crippen molar-refractivity contribution in [1.82, 2.24) is 20.2 Å². The third-order valence-electron chi connectivity index (χ3n) is 4.03. The van der Waals surface area contributed by atoms with E-state index in [9.17, 15) is 4.79 Å². The number of amides is 1. The first kappa shape index (κ1) is 20.1. The smallest absolute Gasteiger partial charge is 0.250 e. The Morgan fingerprint density at radius 3 is 2.54 bits per heavy atom. The second kappa shape index (κ2) is 9.52. The molecule has 1 heterocycles. The molecular formula is C20H20ClN5OS. The molecule has 0 unspecified atom stereocenters. The Morgan fingerprint density at radius 1 is 1.14 bits per heavy atom. The first-order chi connectivity index (χ1) is 13.6. The van der Waals surface area contributed by atoms with Crippen molar-refractivity contribution in [1.29, 1.82) is 0 Å².